The first-order chi connectivity index (χ1) is 13.9. The van der Waals surface area contributed by atoms with Gasteiger partial charge < -0.3 is 19.8 Å². The number of esters is 1. The maximum atomic E-state index is 12.8. The maximum absolute atomic E-state index is 12.8. The van der Waals surface area contributed by atoms with E-state index in [0.717, 1.165) is 17.5 Å². The molecule has 0 bridgehead atoms. The average molecular weight is 398 g/mol. The summed E-state index contributed by atoms with van der Waals surface area (Å²) in [5.74, 6) is -1.71. The molecule has 3 aromatic rings. The normalized spacial score (nSPS) is 11.7. The van der Waals surface area contributed by atoms with Gasteiger partial charge in [-0.3, -0.25) is 14.4 Å². The Morgan fingerprint density at radius 1 is 1.10 bits per heavy atom. The number of carbonyl (C=O) groups is 3. The second kappa shape index (κ2) is 9.01. The number of hydrogen-bond acceptors (Lipinski definition) is 5. The Hall–Kier alpha value is -3.68. The molecule has 0 unspecified atom stereocenters. The second-order valence-electron chi connectivity index (χ2n) is 6.33. The van der Waals surface area contributed by atoms with Crippen molar-refractivity contribution in [2.45, 2.75) is 13.0 Å². The molecular formula is C21H19FN2O5. The summed E-state index contributed by atoms with van der Waals surface area (Å²) in [5, 5.41) is 5.94. The summed E-state index contributed by atoms with van der Waals surface area (Å²) in [6.45, 7) is 0.846. The van der Waals surface area contributed by atoms with Crippen LogP contribution in [0.2, 0.25) is 0 Å². The summed E-state index contributed by atoms with van der Waals surface area (Å²) in [5.41, 5.74) is 0.920. The third-order valence-electron chi connectivity index (χ3n) is 4.11. The van der Waals surface area contributed by atoms with Crippen LogP contribution in [0.1, 0.15) is 29.1 Å². The van der Waals surface area contributed by atoms with Crippen molar-refractivity contribution in [3.05, 3.63) is 71.7 Å². The lowest BCUT2D eigenvalue weighted by Gasteiger charge is -2.11. The lowest BCUT2D eigenvalue weighted by Crippen LogP contribution is -2.34. The van der Waals surface area contributed by atoms with Gasteiger partial charge in [-0.25, -0.2) is 4.39 Å². The van der Waals surface area contributed by atoms with E-state index in [-0.39, 0.29) is 5.56 Å². The summed E-state index contributed by atoms with van der Waals surface area (Å²) in [4.78, 5) is 35.5. The monoisotopic (exact) mass is 398 g/mol. The number of nitrogens with one attached hydrogen (secondary N) is 2. The molecule has 0 radical (unpaired) electrons. The average Bonchev–Trinajstić information content (AvgIpc) is 3.15. The van der Waals surface area contributed by atoms with E-state index in [1.807, 2.05) is 30.3 Å². The zero-order valence-corrected chi connectivity index (χ0v) is 15.6. The molecule has 0 aliphatic rings. The number of rotatable bonds is 7. The van der Waals surface area contributed by atoms with Gasteiger partial charge in [0.25, 0.3) is 11.8 Å². The molecule has 0 saturated carbocycles. The first-order valence-corrected chi connectivity index (χ1v) is 8.89. The van der Waals surface area contributed by atoms with Gasteiger partial charge in [0.1, 0.15) is 23.7 Å². The van der Waals surface area contributed by atoms with Gasteiger partial charge in [0.05, 0.1) is 6.04 Å². The van der Waals surface area contributed by atoms with E-state index in [1.54, 1.807) is 6.92 Å². The van der Waals surface area contributed by atoms with Crippen molar-refractivity contribution in [1.29, 1.82) is 0 Å². The number of ether oxygens (including phenoxy) is 1. The Morgan fingerprint density at radius 2 is 1.83 bits per heavy atom. The lowest BCUT2D eigenvalue weighted by molar-refractivity contribution is -0.147. The number of para-hydroxylation sites is 1. The second-order valence-corrected chi connectivity index (χ2v) is 6.33. The van der Waals surface area contributed by atoms with Gasteiger partial charge in [0, 0.05) is 10.9 Å². The summed E-state index contributed by atoms with van der Waals surface area (Å²) in [6, 6.07) is 13.8. The predicted molar refractivity (Wildman–Crippen MR) is 102 cm³/mol. The molecule has 1 aromatic heterocycles. The quantitative estimate of drug-likeness (QED) is 0.597. The van der Waals surface area contributed by atoms with Crippen LogP contribution in [0.3, 0.4) is 0 Å². The van der Waals surface area contributed by atoms with E-state index < -0.39 is 42.8 Å². The van der Waals surface area contributed by atoms with Crippen molar-refractivity contribution >= 4 is 28.8 Å². The van der Waals surface area contributed by atoms with Gasteiger partial charge in [-0.15, -0.1) is 0 Å². The molecule has 7 nitrogen and oxygen atoms in total. The van der Waals surface area contributed by atoms with Crippen molar-refractivity contribution < 1.29 is 27.9 Å². The van der Waals surface area contributed by atoms with Crippen molar-refractivity contribution in [1.82, 2.24) is 10.6 Å². The molecule has 150 valence electrons. The molecule has 8 heteroatoms. The molecular weight excluding hydrogens is 379 g/mol. The van der Waals surface area contributed by atoms with E-state index in [2.05, 4.69) is 10.6 Å². The SMILES string of the molecule is C[C@H](NC(=O)COC(=O)CNC(=O)c1ccc(F)cc1)c1cc2ccccc2o1. The Kier molecular flexibility index (Phi) is 6.23. The third kappa shape index (κ3) is 5.41. The van der Waals surface area contributed by atoms with Crippen molar-refractivity contribution in [3.8, 4) is 0 Å². The van der Waals surface area contributed by atoms with Gasteiger partial charge >= 0.3 is 5.97 Å². The fraction of sp³-hybridized carbons (Fsp3) is 0.190. The minimum atomic E-state index is -0.771. The Labute approximate surface area is 165 Å². The van der Waals surface area contributed by atoms with E-state index in [9.17, 15) is 18.8 Å². The van der Waals surface area contributed by atoms with Crippen LogP contribution >= 0.6 is 0 Å². The largest absolute Gasteiger partial charge is 0.459 e. The first-order valence-electron chi connectivity index (χ1n) is 8.89. The molecule has 0 saturated heterocycles. The maximum Gasteiger partial charge on any atom is 0.325 e. The van der Waals surface area contributed by atoms with E-state index in [4.69, 9.17) is 9.15 Å². The molecule has 2 amide bonds. The first kappa shape index (κ1) is 20.1. The molecule has 0 spiro atoms. The molecule has 3 rings (SSSR count). The lowest BCUT2D eigenvalue weighted by atomic mass is 10.2. The smallest absolute Gasteiger partial charge is 0.325 e. The summed E-state index contributed by atoms with van der Waals surface area (Å²) < 4.78 is 23.4. The number of hydrogen-bond donors (Lipinski definition) is 2. The number of benzene rings is 2. The van der Waals surface area contributed by atoms with Crippen LogP contribution in [0.25, 0.3) is 11.0 Å². The van der Waals surface area contributed by atoms with Crippen LogP contribution in [0, 0.1) is 5.82 Å². The third-order valence-corrected chi connectivity index (χ3v) is 4.11. The summed E-state index contributed by atoms with van der Waals surface area (Å²) >= 11 is 0. The fourth-order valence-corrected chi connectivity index (χ4v) is 2.62. The number of amides is 2. The summed E-state index contributed by atoms with van der Waals surface area (Å²) in [7, 11) is 0. The van der Waals surface area contributed by atoms with Crippen LogP contribution in [0.4, 0.5) is 4.39 Å². The van der Waals surface area contributed by atoms with E-state index >= 15 is 0 Å². The van der Waals surface area contributed by atoms with Crippen LogP contribution in [0.5, 0.6) is 0 Å². The molecule has 29 heavy (non-hydrogen) atoms. The van der Waals surface area contributed by atoms with Crippen molar-refractivity contribution in [2.24, 2.45) is 0 Å². The van der Waals surface area contributed by atoms with Crippen LogP contribution in [-0.4, -0.2) is 30.9 Å². The zero-order chi connectivity index (χ0) is 20.8. The number of carbonyl (C=O) groups excluding carboxylic acids is 3. The Bertz CT molecular complexity index is 996. The molecule has 0 fully saturated rings. The number of fused-ring (bicyclic) bond motifs is 1. The van der Waals surface area contributed by atoms with Crippen molar-refractivity contribution in [2.75, 3.05) is 13.2 Å². The molecule has 0 aliphatic carbocycles. The fourth-order valence-electron chi connectivity index (χ4n) is 2.62. The van der Waals surface area contributed by atoms with Gasteiger partial charge in [-0.1, -0.05) is 18.2 Å². The minimum absolute atomic E-state index is 0.205. The van der Waals surface area contributed by atoms with E-state index in [0.29, 0.717) is 11.3 Å². The highest BCUT2D eigenvalue weighted by molar-refractivity contribution is 5.96. The Balaban J connectivity index is 1.41. The van der Waals surface area contributed by atoms with Gasteiger partial charge in [0.2, 0.25) is 0 Å². The van der Waals surface area contributed by atoms with Crippen LogP contribution in [-0.2, 0) is 14.3 Å². The molecule has 1 heterocycles. The van der Waals surface area contributed by atoms with Gasteiger partial charge in [-0.05, 0) is 43.3 Å². The molecule has 2 aromatic carbocycles. The molecule has 1 atom stereocenters. The van der Waals surface area contributed by atoms with E-state index in [1.165, 1.54) is 12.1 Å². The Morgan fingerprint density at radius 3 is 2.55 bits per heavy atom. The highest BCUT2D eigenvalue weighted by Crippen LogP contribution is 2.23. The standard InChI is InChI=1S/C21H19FN2O5/c1-13(18-10-15-4-2-3-5-17(15)29-18)24-19(25)12-28-20(26)11-23-21(27)14-6-8-16(22)9-7-14/h2-10,13H,11-12H2,1H3,(H,23,27)(H,24,25)/t13-/m0/s1. The van der Waals surface area contributed by atoms with Gasteiger partial charge in [0.15, 0.2) is 6.61 Å². The number of halogens is 1. The number of furan rings is 1. The topological polar surface area (TPSA) is 97.6 Å². The minimum Gasteiger partial charge on any atom is -0.459 e. The summed E-state index contributed by atoms with van der Waals surface area (Å²) in [6.07, 6.45) is 0. The van der Waals surface area contributed by atoms with Crippen molar-refractivity contribution in [3.63, 3.8) is 0 Å². The highest BCUT2D eigenvalue weighted by Gasteiger charge is 2.16. The molecule has 0 aliphatic heterocycles. The van der Waals surface area contributed by atoms with Gasteiger partial charge in [-0.2, -0.15) is 0 Å². The van der Waals surface area contributed by atoms with Crippen LogP contribution in [0.15, 0.2) is 59.0 Å². The predicted octanol–water partition coefficient (Wildman–Crippen LogP) is 2.72. The zero-order valence-electron chi connectivity index (χ0n) is 15.6. The highest BCUT2D eigenvalue weighted by atomic mass is 19.1. The molecule has 2 N–H and O–H groups in total. The van der Waals surface area contributed by atoms with Crippen LogP contribution < -0.4 is 10.6 Å².